The first-order chi connectivity index (χ1) is 11.5. The number of rotatable bonds is 5. The SMILES string of the molecule is CC(=O)c1cccc(OCC(=O)NC(=O)Nc2ccccc2F)c1. The van der Waals surface area contributed by atoms with E-state index in [-0.39, 0.29) is 11.5 Å². The second-order valence-electron chi connectivity index (χ2n) is 4.85. The number of amides is 3. The summed E-state index contributed by atoms with van der Waals surface area (Å²) in [6.45, 7) is 0.991. The van der Waals surface area contributed by atoms with E-state index in [2.05, 4.69) is 5.32 Å². The van der Waals surface area contributed by atoms with Gasteiger partial charge in [0.2, 0.25) is 0 Å². The third-order valence-electron chi connectivity index (χ3n) is 2.99. The Kier molecular flexibility index (Phi) is 5.62. The predicted octanol–water partition coefficient (Wildman–Crippen LogP) is 2.76. The summed E-state index contributed by atoms with van der Waals surface area (Å²) < 4.78 is 18.6. The normalized spacial score (nSPS) is 9.92. The van der Waals surface area contributed by atoms with Crippen molar-refractivity contribution in [2.75, 3.05) is 11.9 Å². The van der Waals surface area contributed by atoms with E-state index in [0.717, 1.165) is 0 Å². The number of anilines is 1. The smallest absolute Gasteiger partial charge is 0.326 e. The number of hydrogen-bond acceptors (Lipinski definition) is 4. The average molecular weight is 330 g/mol. The number of nitrogens with one attached hydrogen (secondary N) is 2. The van der Waals surface area contributed by atoms with Crippen LogP contribution in [0.4, 0.5) is 14.9 Å². The molecule has 0 unspecified atom stereocenters. The van der Waals surface area contributed by atoms with Gasteiger partial charge in [0.25, 0.3) is 5.91 Å². The Bertz CT molecular complexity index is 777. The molecule has 0 fully saturated rings. The number of carbonyl (C=O) groups excluding carboxylic acids is 3. The Labute approximate surface area is 137 Å². The zero-order chi connectivity index (χ0) is 17.5. The molecule has 0 saturated carbocycles. The zero-order valence-electron chi connectivity index (χ0n) is 12.8. The van der Waals surface area contributed by atoms with Crippen LogP contribution in [0.2, 0.25) is 0 Å². The minimum atomic E-state index is -0.869. The van der Waals surface area contributed by atoms with Crippen LogP contribution in [0.15, 0.2) is 48.5 Å². The highest BCUT2D eigenvalue weighted by atomic mass is 19.1. The minimum absolute atomic E-state index is 0.0436. The van der Waals surface area contributed by atoms with Crippen LogP contribution in [0.3, 0.4) is 0 Å². The van der Waals surface area contributed by atoms with Gasteiger partial charge in [-0.05, 0) is 31.2 Å². The minimum Gasteiger partial charge on any atom is -0.484 e. The number of carbonyl (C=O) groups is 3. The van der Waals surface area contributed by atoms with Crippen LogP contribution in [-0.2, 0) is 4.79 Å². The summed E-state index contributed by atoms with van der Waals surface area (Å²) in [5.74, 6) is -1.13. The molecule has 0 saturated heterocycles. The number of imide groups is 1. The molecule has 2 aromatic rings. The maximum atomic E-state index is 13.4. The number of ketones is 1. The molecule has 0 atom stereocenters. The molecular weight excluding hydrogens is 315 g/mol. The van der Waals surface area contributed by atoms with Gasteiger partial charge < -0.3 is 10.1 Å². The number of Topliss-reactive ketones (excluding diaryl/α,β-unsaturated/α-hetero) is 1. The number of hydrogen-bond donors (Lipinski definition) is 2. The summed E-state index contributed by atoms with van der Waals surface area (Å²) in [5.41, 5.74) is 0.406. The van der Waals surface area contributed by atoms with Crippen molar-refractivity contribution in [3.8, 4) is 5.75 Å². The zero-order valence-corrected chi connectivity index (χ0v) is 12.8. The van der Waals surface area contributed by atoms with Gasteiger partial charge in [-0.15, -0.1) is 0 Å². The van der Waals surface area contributed by atoms with Crippen molar-refractivity contribution in [2.45, 2.75) is 6.92 Å². The molecule has 2 N–H and O–H groups in total. The molecule has 0 aliphatic rings. The van der Waals surface area contributed by atoms with Crippen LogP contribution in [0.1, 0.15) is 17.3 Å². The van der Waals surface area contributed by atoms with Crippen LogP contribution < -0.4 is 15.4 Å². The topological polar surface area (TPSA) is 84.5 Å². The van der Waals surface area contributed by atoms with E-state index < -0.39 is 24.4 Å². The fourth-order valence-electron chi connectivity index (χ4n) is 1.83. The predicted molar refractivity (Wildman–Crippen MR) is 85.5 cm³/mol. The Morgan fingerprint density at radius 1 is 1.08 bits per heavy atom. The van der Waals surface area contributed by atoms with Crippen molar-refractivity contribution in [1.29, 1.82) is 0 Å². The molecule has 124 valence electrons. The van der Waals surface area contributed by atoms with Crippen molar-refractivity contribution in [1.82, 2.24) is 5.32 Å². The second kappa shape index (κ2) is 7.87. The fraction of sp³-hybridized carbons (Fsp3) is 0.118. The summed E-state index contributed by atoms with van der Waals surface area (Å²) in [4.78, 5) is 34.5. The van der Waals surface area contributed by atoms with Gasteiger partial charge in [-0.1, -0.05) is 24.3 Å². The van der Waals surface area contributed by atoms with Gasteiger partial charge in [0.1, 0.15) is 11.6 Å². The van der Waals surface area contributed by atoms with Crippen molar-refractivity contribution in [3.05, 3.63) is 59.9 Å². The van der Waals surface area contributed by atoms with E-state index in [4.69, 9.17) is 4.74 Å². The van der Waals surface area contributed by atoms with Crippen LogP contribution in [0.25, 0.3) is 0 Å². The highest BCUT2D eigenvalue weighted by molar-refractivity contribution is 6.01. The third-order valence-corrected chi connectivity index (χ3v) is 2.99. The highest BCUT2D eigenvalue weighted by Gasteiger charge is 2.11. The molecule has 0 aliphatic carbocycles. The molecule has 6 nitrogen and oxygen atoms in total. The second-order valence-corrected chi connectivity index (χ2v) is 4.85. The molecule has 0 bridgehead atoms. The molecule has 0 aromatic heterocycles. The molecular formula is C17H15FN2O4. The largest absolute Gasteiger partial charge is 0.484 e. The molecule has 0 aliphatic heterocycles. The summed E-state index contributed by atoms with van der Waals surface area (Å²) in [6.07, 6.45) is 0. The summed E-state index contributed by atoms with van der Waals surface area (Å²) >= 11 is 0. The van der Waals surface area contributed by atoms with E-state index in [1.165, 1.54) is 31.2 Å². The van der Waals surface area contributed by atoms with E-state index in [1.807, 2.05) is 5.32 Å². The molecule has 0 radical (unpaired) electrons. The lowest BCUT2D eigenvalue weighted by Gasteiger charge is -2.09. The van der Waals surface area contributed by atoms with Gasteiger partial charge in [-0.2, -0.15) is 0 Å². The standard InChI is InChI=1S/C17H15FN2O4/c1-11(21)12-5-4-6-13(9-12)24-10-16(22)20-17(23)19-15-8-3-2-7-14(15)18/h2-9H,10H2,1H3,(H2,19,20,22,23). The van der Waals surface area contributed by atoms with Crippen molar-refractivity contribution in [3.63, 3.8) is 0 Å². The van der Waals surface area contributed by atoms with Gasteiger partial charge in [0.15, 0.2) is 12.4 Å². The number of para-hydroxylation sites is 1. The first-order valence-electron chi connectivity index (χ1n) is 7.05. The van der Waals surface area contributed by atoms with E-state index in [1.54, 1.807) is 24.3 Å². The van der Waals surface area contributed by atoms with Gasteiger partial charge in [0, 0.05) is 5.56 Å². The highest BCUT2D eigenvalue weighted by Crippen LogP contribution is 2.14. The Hall–Kier alpha value is -3.22. The summed E-state index contributed by atoms with van der Waals surface area (Å²) in [7, 11) is 0. The van der Waals surface area contributed by atoms with Crippen molar-refractivity contribution < 1.29 is 23.5 Å². The maximum absolute atomic E-state index is 13.4. The lowest BCUT2D eigenvalue weighted by molar-refractivity contribution is -0.121. The number of ether oxygens (including phenoxy) is 1. The molecule has 7 heteroatoms. The van der Waals surface area contributed by atoms with E-state index in [9.17, 15) is 18.8 Å². The van der Waals surface area contributed by atoms with Gasteiger partial charge >= 0.3 is 6.03 Å². The molecule has 2 rings (SSSR count). The molecule has 24 heavy (non-hydrogen) atoms. The van der Waals surface area contributed by atoms with Crippen LogP contribution in [0, 0.1) is 5.82 Å². The average Bonchev–Trinajstić information content (AvgIpc) is 2.55. The van der Waals surface area contributed by atoms with E-state index >= 15 is 0 Å². The Morgan fingerprint density at radius 3 is 2.54 bits per heavy atom. The maximum Gasteiger partial charge on any atom is 0.326 e. The molecule has 2 aromatic carbocycles. The Balaban J connectivity index is 1.85. The summed E-state index contributed by atoms with van der Waals surface area (Å²) in [5, 5.41) is 4.23. The molecule has 0 heterocycles. The fourth-order valence-corrected chi connectivity index (χ4v) is 1.83. The Morgan fingerprint density at radius 2 is 1.83 bits per heavy atom. The molecule has 0 spiro atoms. The monoisotopic (exact) mass is 330 g/mol. The van der Waals surface area contributed by atoms with Crippen LogP contribution in [-0.4, -0.2) is 24.3 Å². The van der Waals surface area contributed by atoms with Crippen LogP contribution >= 0.6 is 0 Å². The number of halogens is 1. The number of benzene rings is 2. The first kappa shape index (κ1) is 17.1. The van der Waals surface area contributed by atoms with Gasteiger partial charge in [-0.25, -0.2) is 9.18 Å². The van der Waals surface area contributed by atoms with Crippen molar-refractivity contribution in [2.24, 2.45) is 0 Å². The van der Waals surface area contributed by atoms with Gasteiger partial charge in [0.05, 0.1) is 5.69 Å². The molecule has 3 amide bonds. The number of urea groups is 1. The first-order valence-corrected chi connectivity index (χ1v) is 7.05. The quantitative estimate of drug-likeness (QED) is 0.826. The van der Waals surface area contributed by atoms with Crippen LogP contribution in [0.5, 0.6) is 5.75 Å². The lowest BCUT2D eigenvalue weighted by Crippen LogP contribution is -2.37. The lowest BCUT2D eigenvalue weighted by atomic mass is 10.1. The van der Waals surface area contributed by atoms with Gasteiger partial charge in [-0.3, -0.25) is 14.9 Å². The van der Waals surface area contributed by atoms with E-state index in [0.29, 0.717) is 11.3 Å². The third kappa shape index (κ3) is 4.91. The summed E-state index contributed by atoms with van der Waals surface area (Å²) in [6, 6.07) is 11.0. The van der Waals surface area contributed by atoms with Crippen molar-refractivity contribution >= 4 is 23.4 Å².